The monoisotopic (exact) mass is 373 g/mol. The maximum atomic E-state index is 12.8. The lowest BCUT2D eigenvalue weighted by Crippen LogP contribution is -2.25. The lowest BCUT2D eigenvalue weighted by molar-refractivity contribution is 0.102. The molecular formula is C23H23N3O2. The van der Waals surface area contributed by atoms with Crippen molar-refractivity contribution in [3.8, 4) is 5.75 Å². The van der Waals surface area contributed by atoms with Gasteiger partial charge in [0.15, 0.2) is 0 Å². The van der Waals surface area contributed by atoms with Crippen LogP contribution < -0.4 is 15.0 Å². The first-order valence-corrected chi connectivity index (χ1v) is 9.42. The third kappa shape index (κ3) is 3.56. The number of anilines is 3. The van der Waals surface area contributed by atoms with Gasteiger partial charge in [-0.1, -0.05) is 24.3 Å². The van der Waals surface area contributed by atoms with Crippen LogP contribution in [0, 0.1) is 6.92 Å². The van der Waals surface area contributed by atoms with Gasteiger partial charge in [0.1, 0.15) is 5.75 Å². The Kier molecular flexibility index (Phi) is 4.98. The number of para-hydroxylation sites is 1. The van der Waals surface area contributed by atoms with E-state index in [1.165, 1.54) is 11.3 Å². The molecule has 3 aromatic rings. The number of carbonyl (C=O) groups excluding carboxylic acids is 1. The summed E-state index contributed by atoms with van der Waals surface area (Å²) in [5.74, 6) is 0.427. The summed E-state index contributed by atoms with van der Waals surface area (Å²) in [5, 5.41) is 2.95. The SMILES string of the molecule is COc1ccc(C)cc1NC(=O)c1cncc(N2CCCc3ccccc32)c1. The van der Waals surface area contributed by atoms with Crippen molar-refractivity contribution in [2.75, 3.05) is 23.9 Å². The summed E-state index contributed by atoms with van der Waals surface area (Å²) in [6, 6.07) is 16.0. The van der Waals surface area contributed by atoms with E-state index in [4.69, 9.17) is 4.74 Å². The van der Waals surface area contributed by atoms with Crippen molar-refractivity contribution in [2.45, 2.75) is 19.8 Å². The number of hydrogen-bond acceptors (Lipinski definition) is 4. The zero-order valence-electron chi connectivity index (χ0n) is 16.1. The number of nitrogens with one attached hydrogen (secondary N) is 1. The molecule has 0 saturated heterocycles. The number of methoxy groups -OCH3 is 1. The van der Waals surface area contributed by atoms with Crippen molar-refractivity contribution in [1.29, 1.82) is 0 Å². The lowest BCUT2D eigenvalue weighted by atomic mass is 10.0. The minimum absolute atomic E-state index is 0.205. The lowest BCUT2D eigenvalue weighted by Gasteiger charge is -2.31. The van der Waals surface area contributed by atoms with Crippen LogP contribution in [0.25, 0.3) is 0 Å². The molecule has 1 aromatic heterocycles. The predicted octanol–water partition coefficient (Wildman–Crippen LogP) is 4.74. The van der Waals surface area contributed by atoms with E-state index < -0.39 is 0 Å². The number of rotatable bonds is 4. The molecule has 0 aliphatic carbocycles. The number of pyridine rings is 1. The number of amides is 1. The van der Waals surface area contributed by atoms with Crippen LogP contribution in [0.5, 0.6) is 5.75 Å². The summed E-state index contributed by atoms with van der Waals surface area (Å²) in [7, 11) is 1.59. The van der Waals surface area contributed by atoms with Crippen molar-refractivity contribution in [3.05, 3.63) is 77.6 Å². The predicted molar refractivity (Wildman–Crippen MR) is 112 cm³/mol. The molecule has 4 rings (SSSR count). The number of aromatic nitrogens is 1. The van der Waals surface area contributed by atoms with Gasteiger partial charge in [-0.15, -0.1) is 0 Å². The largest absolute Gasteiger partial charge is 0.495 e. The Morgan fingerprint density at radius 1 is 1.14 bits per heavy atom. The molecule has 2 heterocycles. The summed E-state index contributed by atoms with van der Waals surface area (Å²) in [6.45, 7) is 2.89. The molecule has 1 aliphatic heterocycles. The van der Waals surface area contributed by atoms with Crippen LogP contribution in [-0.4, -0.2) is 24.5 Å². The Bertz CT molecular complexity index is 1020. The van der Waals surface area contributed by atoms with Gasteiger partial charge in [-0.05, 0) is 55.2 Å². The average Bonchev–Trinajstić information content (AvgIpc) is 2.73. The van der Waals surface area contributed by atoms with E-state index in [0.717, 1.165) is 30.6 Å². The maximum Gasteiger partial charge on any atom is 0.257 e. The normalized spacial score (nSPS) is 13.0. The van der Waals surface area contributed by atoms with Gasteiger partial charge in [-0.25, -0.2) is 0 Å². The van der Waals surface area contributed by atoms with Crippen LogP contribution in [0.4, 0.5) is 17.1 Å². The smallest absolute Gasteiger partial charge is 0.257 e. The van der Waals surface area contributed by atoms with Gasteiger partial charge in [0.05, 0.1) is 30.2 Å². The molecule has 5 heteroatoms. The standard InChI is InChI=1S/C23H23N3O2/c1-16-9-10-22(28-2)20(12-16)25-23(27)18-13-19(15-24-14-18)26-11-5-7-17-6-3-4-8-21(17)26/h3-4,6,8-10,12-15H,5,7,11H2,1-2H3,(H,25,27). The Morgan fingerprint density at radius 3 is 2.86 bits per heavy atom. The Hall–Kier alpha value is -3.34. The minimum Gasteiger partial charge on any atom is -0.495 e. The molecule has 0 fully saturated rings. The topological polar surface area (TPSA) is 54.5 Å². The van der Waals surface area contributed by atoms with E-state index in [0.29, 0.717) is 17.0 Å². The molecule has 142 valence electrons. The summed E-state index contributed by atoms with van der Waals surface area (Å²) in [4.78, 5) is 19.4. The highest BCUT2D eigenvalue weighted by Gasteiger charge is 2.19. The first-order chi connectivity index (χ1) is 13.7. The number of carbonyl (C=O) groups is 1. The molecule has 5 nitrogen and oxygen atoms in total. The number of fused-ring (bicyclic) bond motifs is 1. The molecular weight excluding hydrogens is 350 g/mol. The second kappa shape index (κ2) is 7.72. The Labute approximate surface area is 165 Å². The van der Waals surface area contributed by atoms with Crippen LogP contribution in [0.2, 0.25) is 0 Å². The van der Waals surface area contributed by atoms with E-state index in [-0.39, 0.29) is 5.91 Å². The molecule has 1 aliphatic rings. The van der Waals surface area contributed by atoms with Gasteiger partial charge in [0, 0.05) is 18.4 Å². The molecule has 0 bridgehead atoms. The molecule has 0 atom stereocenters. The van der Waals surface area contributed by atoms with Crippen molar-refractivity contribution < 1.29 is 9.53 Å². The first kappa shape index (κ1) is 18.0. The van der Waals surface area contributed by atoms with Crippen LogP contribution in [0.3, 0.4) is 0 Å². The molecule has 28 heavy (non-hydrogen) atoms. The van der Waals surface area contributed by atoms with E-state index >= 15 is 0 Å². The van der Waals surface area contributed by atoms with E-state index in [1.54, 1.807) is 13.3 Å². The summed E-state index contributed by atoms with van der Waals surface area (Å²) >= 11 is 0. The number of ether oxygens (including phenoxy) is 1. The van der Waals surface area contributed by atoms with Crippen molar-refractivity contribution in [2.24, 2.45) is 0 Å². The summed E-state index contributed by atoms with van der Waals surface area (Å²) in [5.41, 5.74) is 5.66. The van der Waals surface area contributed by atoms with E-state index in [9.17, 15) is 4.79 Å². The third-order valence-corrected chi connectivity index (χ3v) is 5.01. The summed E-state index contributed by atoms with van der Waals surface area (Å²) < 4.78 is 5.36. The van der Waals surface area contributed by atoms with Crippen molar-refractivity contribution in [1.82, 2.24) is 4.98 Å². The first-order valence-electron chi connectivity index (χ1n) is 9.42. The fourth-order valence-electron chi connectivity index (χ4n) is 3.62. The highest BCUT2D eigenvalue weighted by Crippen LogP contribution is 2.33. The number of benzene rings is 2. The second-order valence-corrected chi connectivity index (χ2v) is 6.97. The highest BCUT2D eigenvalue weighted by atomic mass is 16.5. The van der Waals surface area contributed by atoms with Gasteiger partial charge in [-0.3, -0.25) is 9.78 Å². The van der Waals surface area contributed by atoms with E-state index in [1.807, 2.05) is 43.5 Å². The second-order valence-electron chi connectivity index (χ2n) is 6.97. The molecule has 0 saturated carbocycles. The van der Waals surface area contributed by atoms with E-state index in [2.05, 4.69) is 33.4 Å². The van der Waals surface area contributed by atoms with Gasteiger partial charge in [0.25, 0.3) is 5.91 Å². The Balaban J connectivity index is 1.61. The van der Waals surface area contributed by atoms with Crippen LogP contribution in [-0.2, 0) is 6.42 Å². The van der Waals surface area contributed by atoms with Crippen LogP contribution in [0.1, 0.15) is 27.9 Å². The fraction of sp³-hybridized carbons (Fsp3) is 0.217. The average molecular weight is 373 g/mol. The zero-order chi connectivity index (χ0) is 19.5. The molecule has 0 spiro atoms. The maximum absolute atomic E-state index is 12.8. The van der Waals surface area contributed by atoms with Gasteiger partial charge in [-0.2, -0.15) is 0 Å². The van der Waals surface area contributed by atoms with Gasteiger partial charge < -0.3 is 15.0 Å². The van der Waals surface area contributed by atoms with Crippen molar-refractivity contribution >= 4 is 23.0 Å². The Morgan fingerprint density at radius 2 is 2.00 bits per heavy atom. The van der Waals surface area contributed by atoms with Gasteiger partial charge >= 0.3 is 0 Å². The van der Waals surface area contributed by atoms with Gasteiger partial charge in [0.2, 0.25) is 0 Å². The quantitative estimate of drug-likeness (QED) is 0.718. The minimum atomic E-state index is -0.205. The third-order valence-electron chi connectivity index (χ3n) is 5.01. The molecule has 1 amide bonds. The molecule has 2 aromatic carbocycles. The van der Waals surface area contributed by atoms with Crippen LogP contribution in [0.15, 0.2) is 60.9 Å². The van der Waals surface area contributed by atoms with Crippen LogP contribution >= 0.6 is 0 Å². The number of hydrogen-bond donors (Lipinski definition) is 1. The number of nitrogens with zero attached hydrogens (tertiary/aromatic N) is 2. The van der Waals surface area contributed by atoms with Crippen molar-refractivity contribution in [3.63, 3.8) is 0 Å². The fourth-order valence-corrected chi connectivity index (χ4v) is 3.62. The molecule has 0 radical (unpaired) electrons. The molecule has 1 N–H and O–H groups in total. The number of aryl methyl sites for hydroxylation is 2. The molecule has 0 unspecified atom stereocenters. The zero-order valence-corrected chi connectivity index (χ0v) is 16.1. The summed E-state index contributed by atoms with van der Waals surface area (Å²) in [6.07, 6.45) is 5.56. The highest BCUT2D eigenvalue weighted by molar-refractivity contribution is 6.05.